The maximum Gasteiger partial charge on any atom is 0.0946 e. The number of nitrogen functional groups attached to an aromatic ring is 1. The highest BCUT2D eigenvalue weighted by Gasteiger charge is 2.08. The van der Waals surface area contributed by atoms with E-state index in [1.807, 2.05) is 28.7 Å². The summed E-state index contributed by atoms with van der Waals surface area (Å²) in [4.78, 5) is 4.10. The zero-order chi connectivity index (χ0) is 13.1. The predicted molar refractivity (Wildman–Crippen MR) is 72.1 cm³/mol. The number of nitrogens with two attached hydrogens (primary N) is 1. The molecule has 0 radical (unpaired) electrons. The summed E-state index contributed by atoms with van der Waals surface area (Å²) in [6, 6.07) is 0. The van der Waals surface area contributed by atoms with Crippen LogP contribution in [-0.4, -0.2) is 19.3 Å². The van der Waals surface area contributed by atoms with Gasteiger partial charge in [0.05, 0.1) is 36.1 Å². The van der Waals surface area contributed by atoms with Crippen molar-refractivity contribution in [1.82, 2.24) is 19.3 Å². The number of hydrogen-bond acceptors (Lipinski definition) is 3. The Balaban J connectivity index is 2.07. The van der Waals surface area contributed by atoms with Gasteiger partial charge in [0.25, 0.3) is 0 Å². The average Bonchev–Trinajstić information content (AvgIpc) is 2.84. The Morgan fingerprint density at radius 1 is 1.39 bits per heavy atom. The normalized spacial score (nSPS) is 11.3. The van der Waals surface area contributed by atoms with Crippen molar-refractivity contribution in [2.75, 3.05) is 5.73 Å². The molecule has 0 atom stereocenters. The minimum Gasteiger partial charge on any atom is -0.396 e. The van der Waals surface area contributed by atoms with Crippen molar-refractivity contribution in [2.24, 2.45) is 13.0 Å². The number of imidazole rings is 1. The molecule has 0 spiro atoms. The van der Waals surface area contributed by atoms with Gasteiger partial charge in [-0.25, -0.2) is 4.98 Å². The van der Waals surface area contributed by atoms with E-state index in [0.717, 1.165) is 29.9 Å². The molecular formula is C13H21N5. The van der Waals surface area contributed by atoms with Crippen LogP contribution in [0.15, 0.2) is 18.7 Å². The standard InChI is InChI=1S/C13H21N5/c1-10(2)4-5-13-12(14)8-18(16-13)7-11-6-15-9-17(11)3/h6,8-10H,4-5,7,14H2,1-3H3. The molecular weight excluding hydrogens is 226 g/mol. The molecule has 0 aliphatic carbocycles. The molecule has 5 heteroatoms. The maximum absolute atomic E-state index is 5.99. The van der Waals surface area contributed by atoms with Crippen molar-refractivity contribution in [2.45, 2.75) is 33.2 Å². The smallest absolute Gasteiger partial charge is 0.0946 e. The topological polar surface area (TPSA) is 61.7 Å². The summed E-state index contributed by atoms with van der Waals surface area (Å²) in [5.74, 6) is 0.673. The Bertz CT molecular complexity index is 509. The first-order valence-electron chi connectivity index (χ1n) is 6.33. The van der Waals surface area contributed by atoms with E-state index in [-0.39, 0.29) is 0 Å². The fourth-order valence-corrected chi connectivity index (χ4v) is 1.88. The van der Waals surface area contributed by atoms with Gasteiger partial charge in [-0.05, 0) is 18.8 Å². The molecule has 5 nitrogen and oxygen atoms in total. The van der Waals surface area contributed by atoms with Gasteiger partial charge in [0.1, 0.15) is 0 Å². The summed E-state index contributed by atoms with van der Waals surface area (Å²) in [5, 5.41) is 4.55. The SMILES string of the molecule is CC(C)CCc1nn(Cc2cncn2C)cc1N. The molecule has 0 saturated carbocycles. The molecule has 2 rings (SSSR count). The highest BCUT2D eigenvalue weighted by atomic mass is 15.3. The third-order valence-electron chi connectivity index (χ3n) is 3.07. The first-order valence-corrected chi connectivity index (χ1v) is 6.33. The summed E-state index contributed by atoms with van der Waals surface area (Å²) < 4.78 is 3.88. The van der Waals surface area contributed by atoms with E-state index in [4.69, 9.17) is 5.73 Å². The molecule has 2 aromatic heterocycles. The number of anilines is 1. The van der Waals surface area contributed by atoms with Gasteiger partial charge in [0.15, 0.2) is 0 Å². The Labute approximate surface area is 108 Å². The van der Waals surface area contributed by atoms with Crippen LogP contribution in [0.25, 0.3) is 0 Å². The van der Waals surface area contributed by atoms with E-state index in [1.165, 1.54) is 0 Å². The number of aryl methyl sites for hydroxylation is 2. The molecule has 0 fully saturated rings. The van der Waals surface area contributed by atoms with Crippen LogP contribution in [0.5, 0.6) is 0 Å². The molecule has 0 unspecified atom stereocenters. The van der Waals surface area contributed by atoms with E-state index in [0.29, 0.717) is 12.5 Å². The number of hydrogen-bond donors (Lipinski definition) is 1. The van der Waals surface area contributed by atoms with Crippen LogP contribution in [0.1, 0.15) is 31.7 Å². The summed E-state index contributed by atoms with van der Waals surface area (Å²) in [5.41, 5.74) is 8.90. The summed E-state index contributed by atoms with van der Waals surface area (Å²) >= 11 is 0. The van der Waals surface area contributed by atoms with Gasteiger partial charge in [-0.1, -0.05) is 13.8 Å². The highest BCUT2D eigenvalue weighted by molar-refractivity contribution is 5.40. The van der Waals surface area contributed by atoms with Crippen molar-refractivity contribution >= 4 is 5.69 Å². The van der Waals surface area contributed by atoms with Crippen LogP contribution in [0.2, 0.25) is 0 Å². The lowest BCUT2D eigenvalue weighted by Gasteiger charge is -2.03. The van der Waals surface area contributed by atoms with E-state index in [2.05, 4.69) is 23.9 Å². The Morgan fingerprint density at radius 2 is 2.17 bits per heavy atom. The van der Waals surface area contributed by atoms with Gasteiger partial charge in [-0.15, -0.1) is 0 Å². The largest absolute Gasteiger partial charge is 0.396 e. The third kappa shape index (κ3) is 2.91. The number of rotatable bonds is 5. The van der Waals surface area contributed by atoms with E-state index in [1.54, 1.807) is 6.33 Å². The third-order valence-corrected chi connectivity index (χ3v) is 3.07. The first-order chi connectivity index (χ1) is 8.56. The molecule has 98 valence electrons. The monoisotopic (exact) mass is 247 g/mol. The molecule has 0 bridgehead atoms. The Morgan fingerprint density at radius 3 is 2.78 bits per heavy atom. The summed E-state index contributed by atoms with van der Waals surface area (Å²) in [6.07, 6.45) is 7.62. The summed E-state index contributed by atoms with van der Waals surface area (Å²) in [7, 11) is 1.98. The fraction of sp³-hybridized carbons (Fsp3) is 0.538. The van der Waals surface area contributed by atoms with Crippen LogP contribution in [-0.2, 0) is 20.0 Å². The van der Waals surface area contributed by atoms with Crippen LogP contribution >= 0.6 is 0 Å². The molecule has 2 heterocycles. The molecule has 2 aromatic rings. The molecule has 0 aliphatic heterocycles. The lowest BCUT2D eigenvalue weighted by atomic mass is 10.1. The van der Waals surface area contributed by atoms with Gasteiger partial charge >= 0.3 is 0 Å². The van der Waals surface area contributed by atoms with Crippen molar-refractivity contribution in [1.29, 1.82) is 0 Å². The zero-order valence-corrected chi connectivity index (χ0v) is 11.3. The number of nitrogens with zero attached hydrogens (tertiary/aromatic N) is 4. The second kappa shape index (κ2) is 5.25. The maximum atomic E-state index is 5.99. The molecule has 0 aliphatic rings. The number of aromatic nitrogens is 4. The predicted octanol–water partition coefficient (Wildman–Crippen LogP) is 1.84. The molecule has 0 aromatic carbocycles. The summed E-state index contributed by atoms with van der Waals surface area (Å²) in [6.45, 7) is 5.13. The van der Waals surface area contributed by atoms with Crippen molar-refractivity contribution in [3.63, 3.8) is 0 Å². The van der Waals surface area contributed by atoms with Crippen LogP contribution in [0.3, 0.4) is 0 Å². The van der Waals surface area contributed by atoms with Gasteiger partial charge < -0.3 is 10.3 Å². The van der Waals surface area contributed by atoms with E-state index in [9.17, 15) is 0 Å². The second-order valence-corrected chi connectivity index (χ2v) is 5.16. The minimum atomic E-state index is 0.673. The zero-order valence-electron chi connectivity index (χ0n) is 11.3. The Hall–Kier alpha value is -1.78. The van der Waals surface area contributed by atoms with Crippen LogP contribution in [0.4, 0.5) is 5.69 Å². The van der Waals surface area contributed by atoms with Gasteiger partial charge in [0, 0.05) is 13.2 Å². The minimum absolute atomic E-state index is 0.673. The molecule has 0 amide bonds. The van der Waals surface area contributed by atoms with Crippen molar-refractivity contribution in [3.05, 3.63) is 30.1 Å². The lowest BCUT2D eigenvalue weighted by Crippen LogP contribution is -2.05. The van der Waals surface area contributed by atoms with Crippen LogP contribution in [0, 0.1) is 5.92 Å². The first kappa shape index (κ1) is 12.7. The fourth-order valence-electron chi connectivity index (χ4n) is 1.88. The molecule has 0 saturated heterocycles. The van der Waals surface area contributed by atoms with Crippen molar-refractivity contribution < 1.29 is 0 Å². The lowest BCUT2D eigenvalue weighted by molar-refractivity contribution is 0.570. The Kier molecular flexibility index (Phi) is 3.69. The van der Waals surface area contributed by atoms with Gasteiger partial charge in [0.2, 0.25) is 0 Å². The van der Waals surface area contributed by atoms with Gasteiger partial charge in [-0.2, -0.15) is 5.10 Å². The quantitative estimate of drug-likeness (QED) is 0.877. The second-order valence-electron chi connectivity index (χ2n) is 5.16. The van der Waals surface area contributed by atoms with Crippen molar-refractivity contribution in [3.8, 4) is 0 Å². The van der Waals surface area contributed by atoms with E-state index < -0.39 is 0 Å². The van der Waals surface area contributed by atoms with E-state index >= 15 is 0 Å². The van der Waals surface area contributed by atoms with Crippen LogP contribution < -0.4 is 5.73 Å². The molecule has 18 heavy (non-hydrogen) atoms. The highest BCUT2D eigenvalue weighted by Crippen LogP contribution is 2.15. The average molecular weight is 247 g/mol. The van der Waals surface area contributed by atoms with Gasteiger partial charge in [-0.3, -0.25) is 4.68 Å². The molecule has 2 N–H and O–H groups in total.